The van der Waals surface area contributed by atoms with Gasteiger partial charge < -0.3 is 5.32 Å². The summed E-state index contributed by atoms with van der Waals surface area (Å²) < 4.78 is 12.9. The van der Waals surface area contributed by atoms with Crippen LogP contribution in [0.1, 0.15) is 17.7 Å². The number of rotatable bonds is 4. The first-order valence-corrected chi connectivity index (χ1v) is 7.76. The Hall–Kier alpha value is -2.45. The van der Waals surface area contributed by atoms with Crippen LogP contribution in [0.5, 0.6) is 0 Å². The Morgan fingerprint density at radius 1 is 1.27 bits per heavy atom. The van der Waals surface area contributed by atoms with Gasteiger partial charge in [-0.2, -0.15) is 5.26 Å². The van der Waals surface area contributed by atoms with Gasteiger partial charge in [-0.25, -0.2) is 4.39 Å². The van der Waals surface area contributed by atoms with E-state index in [9.17, 15) is 9.18 Å². The third-order valence-electron chi connectivity index (χ3n) is 3.32. The molecule has 5 heteroatoms. The first-order valence-electron chi connectivity index (χ1n) is 6.94. The van der Waals surface area contributed by atoms with Gasteiger partial charge in [-0.15, -0.1) is 11.3 Å². The maximum Gasteiger partial charge on any atom is 0.262 e. The number of nitrogens with zero attached hydrogens (tertiary/aromatic N) is 1. The average molecular weight is 312 g/mol. The molecule has 0 spiro atoms. The Balaban J connectivity index is 1.80. The third-order valence-corrected chi connectivity index (χ3v) is 4.40. The predicted molar refractivity (Wildman–Crippen MR) is 84.5 cm³/mol. The molecule has 3 nitrogen and oxygen atoms in total. The number of benzene rings is 1. The molecule has 0 bridgehead atoms. The second-order valence-corrected chi connectivity index (χ2v) is 6.24. The lowest BCUT2D eigenvalue weighted by molar-refractivity contribution is -0.117. The molecule has 1 N–H and O–H groups in total. The highest BCUT2D eigenvalue weighted by atomic mass is 32.1. The lowest BCUT2D eigenvalue weighted by Gasteiger charge is -2.00. The Morgan fingerprint density at radius 3 is 2.64 bits per heavy atom. The summed E-state index contributed by atoms with van der Waals surface area (Å²) in [7, 11) is 0. The summed E-state index contributed by atoms with van der Waals surface area (Å²) in [6.45, 7) is 0. The van der Waals surface area contributed by atoms with Gasteiger partial charge in [0, 0.05) is 15.8 Å². The highest BCUT2D eigenvalue weighted by Crippen LogP contribution is 2.29. The SMILES string of the molecule is N#C/C(=C\c1ccc(-c2ccc(F)cc2)s1)C(=O)NC1CC1. The minimum Gasteiger partial charge on any atom is -0.349 e. The van der Waals surface area contributed by atoms with Gasteiger partial charge in [-0.1, -0.05) is 12.1 Å². The molecule has 0 radical (unpaired) electrons. The minimum absolute atomic E-state index is 0.111. The van der Waals surface area contributed by atoms with Crippen LogP contribution in [0.3, 0.4) is 0 Å². The summed E-state index contributed by atoms with van der Waals surface area (Å²) >= 11 is 1.46. The molecule has 3 rings (SSSR count). The molecule has 1 aliphatic rings. The third kappa shape index (κ3) is 3.41. The number of hydrogen-bond donors (Lipinski definition) is 1. The molecule has 2 aromatic rings. The van der Waals surface area contributed by atoms with Gasteiger partial charge in [0.15, 0.2) is 0 Å². The normalized spacial score (nSPS) is 14.5. The van der Waals surface area contributed by atoms with Gasteiger partial charge in [-0.3, -0.25) is 4.79 Å². The van der Waals surface area contributed by atoms with E-state index >= 15 is 0 Å². The van der Waals surface area contributed by atoms with Crippen LogP contribution in [0.15, 0.2) is 42.0 Å². The lowest BCUT2D eigenvalue weighted by Crippen LogP contribution is -2.26. The van der Waals surface area contributed by atoms with Gasteiger partial charge in [0.05, 0.1) is 0 Å². The van der Waals surface area contributed by atoms with Crippen molar-refractivity contribution in [3.05, 3.63) is 52.7 Å². The van der Waals surface area contributed by atoms with E-state index in [-0.39, 0.29) is 23.3 Å². The number of hydrogen-bond acceptors (Lipinski definition) is 3. The fourth-order valence-electron chi connectivity index (χ4n) is 1.98. The molecule has 22 heavy (non-hydrogen) atoms. The Kier molecular flexibility index (Phi) is 4.03. The molecule has 0 aliphatic heterocycles. The van der Waals surface area contributed by atoms with Gasteiger partial charge in [0.25, 0.3) is 5.91 Å². The maximum atomic E-state index is 12.9. The molecule has 1 heterocycles. The summed E-state index contributed by atoms with van der Waals surface area (Å²) in [5.74, 6) is -0.592. The predicted octanol–water partition coefficient (Wildman–Crippen LogP) is 3.74. The average Bonchev–Trinajstić information content (AvgIpc) is 3.21. The van der Waals surface area contributed by atoms with Crippen LogP contribution >= 0.6 is 11.3 Å². The van der Waals surface area contributed by atoms with Crippen molar-refractivity contribution in [2.24, 2.45) is 0 Å². The van der Waals surface area contributed by atoms with Gasteiger partial charge in [0.2, 0.25) is 0 Å². The van der Waals surface area contributed by atoms with Crippen molar-refractivity contribution < 1.29 is 9.18 Å². The van der Waals surface area contributed by atoms with E-state index in [1.807, 2.05) is 18.2 Å². The number of nitrogens with one attached hydrogen (secondary N) is 1. The van der Waals surface area contributed by atoms with E-state index in [1.54, 1.807) is 18.2 Å². The summed E-state index contributed by atoms with van der Waals surface area (Å²) in [6.07, 6.45) is 3.56. The first kappa shape index (κ1) is 14.5. The van der Waals surface area contributed by atoms with E-state index in [0.29, 0.717) is 0 Å². The molecule has 1 fully saturated rings. The molecular weight excluding hydrogens is 299 g/mol. The monoisotopic (exact) mass is 312 g/mol. The summed E-state index contributed by atoms with van der Waals surface area (Å²) in [4.78, 5) is 13.7. The topological polar surface area (TPSA) is 52.9 Å². The summed E-state index contributed by atoms with van der Waals surface area (Å²) in [6, 6.07) is 12.2. The van der Waals surface area contributed by atoms with Crippen molar-refractivity contribution in [2.75, 3.05) is 0 Å². The van der Waals surface area contributed by atoms with Gasteiger partial charge in [-0.05, 0) is 48.7 Å². The highest BCUT2D eigenvalue weighted by Gasteiger charge is 2.24. The Bertz CT molecular complexity index is 767. The van der Waals surface area contributed by atoms with Crippen LogP contribution in [0.25, 0.3) is 16.5 Å². The van der Waals surface area contributed by atoms with E-state index < -0.39 is 0 Å². The number of amides is 1. The molecule has 1 aliphatic carbocycles. The van der Waals surface area contributed by atoms with Crippen molar-refractivity contribution in [3.8, 4) is 16.5 Å². The molecule has 0 unspecified atom stereocenters. The maximum absolute atomic E-state index is 12.9. The van der Waals surface area contributed by atoms with Crippen LogP contribution in [0.4, 0.5) is 4.39 Å². The molecule has 110 valence electrons. The van der Waals surface area contributed by atoms with Crippen LogP contribution in [-0.2, 0) is 4.79 Å². The van der Waals surface area contributed by atoms with Crippen LogP contribution < -0.4 is 5.32 Å². The molecular formula is C17H13FN2OS. The van der Waals surface area contributed by atoms with Crippen molar-refractivity contribution in [1.82, 2.24) is 5.32 Å². The molecule has 0 atom stereocenters. The Morgan fingerprint density at radius 2 is 2.00 bits per heavy atom. The van der Waals surface area contributed by atoms with Crippen molar-refractivity contribution >= 4 is 23.3 Å². The van der Waals surface area contributed by atoms with E-state index in [0.717, 1.165) is 28.2 Å². The largest absolute Gasteiger partial charge is 0.349 e. The zero-order valence-corrected chi connectivity index (χ0v) is 12.5. The number of halogens is 1. The number of carbonyl (C=O) groups is 1. The van der Waals surface area contributed by atoms with E-state index in [2.05, 4.69) is 5.32 Å². The zero-order valence-electron chi connectivity index (χ0n) is 11.7. The zero-order chi connectivity index (χ0) is 15.5. The van der Waals surface area contributed by atoms with Gasteiger partial charge >= 0.3 is 0 Å². The van der Waals surface area contributed by atoms with Crippen LogP contribution in [-0.4, -0.2) is 11.9 Å². The minimum atomic E-state index is -0.318. The first-order chi connectivity index (χ1) is 10.7. The fourth-order valence-corrected chi connectivity index (χ4v) is 2.94. The van der Waals surface area contributed by atoms with Crippen LogP contribution in [0.2, 0.25) is 0 Å². The van der Waals surface area contributed by atoms with Gasteiger partial charge in [0.1, 0.15) is 17.5 Å². The summed E-state index contributed by atoms with van der Waals surface area (Å²) in [5, 5.41) is 11.9. The second kappa shape index (κ2) is 6.12. The molecule has 1 saturated carbocycles. The van der Waals surface area contributed by atoms with Crippen molar-refractivity contribution in [2.45, 2.75) is 18.9 Å². The van der Waals surface area contributed by atoms with Crippen molar-refractivity contribution in [3.63, 3.8) is 0 Å². The second-order valence-electron chi connectivity index (χ2n) is 5.13. The van der Waals surface area contributed by atoms with Crippen molar-refractivity contribution in [1.29, 1.82) is 5.26 Å². The number of carbonyl (C=O) groups excluding carboxylic acids is 1. The standard InChI is InChI=1S/C17H13FN2OS/c18-13-3-1-11(2-4-13)16-8-7-15(22-16)9-12(10-19)17(21)20-14-5-6-14/h1-4,7-9,14H,5-6H2,(H,20,21)/b12-9+. The van der Waals surface area contributed by atoms with Crippen LogP contribution in [0, 0.1) is 17.1 Å². The quantitative estimate of drug-likeness (QED) is 0.690. The molecule has 1 amide bonds. The molecule has 1 aromatic carbocycles. The van der Waals surface area contributed by atoms with E-state index in [4.69, 9.17) is 5.26 Å². The highest BCUT2D eigenvalue weighted by molar-refractivity contribution is 7.16. The molecule has 1 aromatic heterocycles. The Labute approximate surface area is 131 Å². The fraction of sp³-hybridized carbons (Fsp3) is 0.176. The summed E-state index contributed by atoms with van der Waals surface area (Å²) in [5.41, 5.74) is 1.02. The number of nitriles is 1. The number of thiophene rings is 1. The lowest BCUT2D eigenvalue weighted by atomic mass is 10.2. The van der Waals surface area contributed by atoms with E-state index in [1.165, 1.54) is 23.5 Å². The smallest absolute Gasteiger partial charge is 0.262 e. The molecule has 0 saturated heterocycles.